The fourth-order valence-electron chi connectivity index (χ4n) is 3.56. The predicted molar refractivity (Wildman–Crippen MR) is 107 cm³/mol. The van der Waals surface area contributed by atoms with Crippen LogP contribution in [0.2, 0.25) is 0 Å². The van der Waals surface area contributed by atoms with Gasteiger partial charge in [0.2, 0.25) is 0 Å². The molecule has 4 rings (SSSR count). The molecule has 2 aliphatic heterocycles. The predicted octanol–water partition coefficient (Wildman–Crippen LogP) is 3.17. The van der Waals surface area contributed by atoms with Crippen molar-refractivity contribution in [3.05, 3.63) is 59.4 Å². The van der Waals surface area contributed by atoms with Crippen LogP contribution < -0.4 is 10.6 Å². The fraction of sp³-hybridized carbons (Fsp3) is 0.333. The molecule has 3 heterocycles. The number of nitrogens with zero attached hydrogens (tertiary/aromatic N) is 3. The van der Waals surface area contributed by atoms with Gasteiger partial charge in [0.1, 0.15) is 0 Å². The van der Waals surface area contributed by atoms with E-state index in [1.807, 2.05) is 12.3 Å². The third-order valence-electron chi connectivity index (χ3n) is 4.86. The van der Waals surface area contributed by atoms with Crippen LogP contribution in [0.5, 0.6) is 0 Å². The zero-order valence-corrected chi connectivity index (χ0v) is 14.9. The van der Waals surface area contributed by atoms with E-state index in [-0.39, 0.29) is 0 Å². The highest BCUT2D eigenvalue weighted by Gasteiger charge is 2.16. The van der Waals surface area contributed by atoms with E-state index in [9.17, 15) is 0 Å². The van der Waals surface area contributed by atoms with Crippen molar-refractivity contribution in [2.24, 2.45) is 4.99 Å². The first-order chi connectivity index (χ1) is 12.8. The number of hydrogen-bond acceptors (Lipinski definition) is 5. The zero-order chi connectivity index (χ0) is 17.8. The Hall–Kier alpha value is -2.66. The van der Waals surface area contributed by atoms with Gasteiger partial charge in [0.25, 0.3) is 0 Å². The number of nitrogens with two attached hydrogens (primary N) is 1. The Kier molecular flexibility index (Phi) is 4.97. The van der Waals surface area contributed by atoms with E-state index in [0.717, 1.165) is 73.9 Å². The van der Waals surface area contributed by atoms with Crippen LogP contribution in [0.1, 0.15) is 24.0 Å². The van der Waals surface area contributed by atoms with Gasteiger partial charge < -0.3 is 15.4 Å². The van der Waals surface area contributed by atoms with Gasteiger partial charge in [0, 0.05) is 37.6 Å². The smallest absolute Gasteiger partial charge is 0.0694 e. The summed E-state index contributed by atoms with van der Waals surface area (Å²) in [6, 6.07) is 10.4. The molecule has 1 fully saturated rings. The standard InChI is InChI=1S/C21H24N4O/c22-19-14-16(5-6-20(19)25-9-11-26-12-10-25)13-17-3-2-8-24-21(17)18-4-1-7-23-15-18/h1,4-7,13-15H,2-3,8-12,22H2/b17-13+. The van der Waals surface area contributed by atoms with Gasteiger partial charge in [0.15, 0.2) is 0 Å². The second-order valence-corrected chi connectivity index (χ2v) is 6.66. The Bertz CT molecular complexity index is 823. The first-order valence-electron chi connectivity index (χ1n) is 9.19. The van der Waals surface area contributed by atoms with E-state index in [4.69, 9.17) is 15.5 Å². The highest BCUT2D eigenvalue weighted by atomic mass is 16.5. The van der Waals surface area contributed by atoms with E-state index < -0.39 is 0 Å². The van der Waals surface area contributed by atoms with Crippen LogP contribution in [0.4, 0.5) is 11.4 Å². The van der Waals surface area contributed by atoms with Gasteiger partial charge in [-0.2, -0.15) is 0 Å². The molecule has 2 aliphatic rings. The first-order valence-corrected chi connectivity index (χ1v) is 9.19. The quantitative estimate of drug-likeness (QED) is 0.866. The Morgan fingerprint density at radius 2 is 2.04 bits per heavy atom. The van der Waals surface area contributed by atoms with Crippen molar-refractivity contribution in [1.29, 1.82) is 0 Å². The molecule has 0 bridgehead atoms. The van der Waals surface area contributed by atoms with Crippen LogP contribution in [0.15, 0.2) is 53.3 Å². The molecule has 5 nitrogen and oxygen atoms in total. The zero-order valence-electron chi connectivity index (χ0n) is 14.9. The lowest BCUT2D eigenvalue weighted by atomic mass is 9.94. The highest BCUT2D eigenvalue weighted by Crippen LogP contribution is 2.28. The summed E-state index contributed by atoms with van der Waals surface area (Å²) in [5.41, 5.74) is 12.8. The second kappa shape index (κ2) is 7.70. The monoisotopic (exact) mass is 348 g/mol. The molecule has 1 saturated heterocycles. The lowest BCUT2D eigenvalue weighted by molar-refractivity contribution is 0.123. The van der Waals surface area contributed by atoms with Gasteiger partial charge in [-0.15, -0.1) is 0 Å². The van der Waals surface area contributed by atoms with E-state index in [1.165, 1.54) is 5.57 Å². The van der Waals surface area contributed by atoms with Gasteiger partial charge in [-0.3, -0.25) is 9.98 Å². The number of ether oxygens (including phenoxy) is 1. The summed E-state index contributed by atoms with van der Waals surface area (Å²) in [5, 5.41) is 0. The summed E-state index contributed by atoms with van der Waals surface area (Å²) in [6.07, 6.45) is 8.00. The fourth-order valence-corrected chi connectivity index (χ4v) is 3.56. The maximum atomic E-state index is 6.35. The number of benzene rings is 1. The van der Waals surface area contributed by atoms with Crippen LogP contribution in [0.3, 0.4) is 0 Å². The minimum atomic E-state index is 0.760. The van der Waals surface area contributed by atoms with Gasteiger partial charge in [-0.05, 0) is 54.3 Å². The molecule has 2 N–H and O–H groups in total. The maximum absolute atomic E-state index is 6.35. The largest absolute Gasteiger partial charge is 0.397 e. The van der Waals surface area contributed by atoms with Crippen LogP contribution in [0, 0.1) is 0 Å². The van der Waals surface area contributed by atoms with E-state index in [1.54, 1.807) is 6.20 Å². The first kappa shape index (κ1) is 16.8. The number of anilines is 2. The molecule has 0 unspecified atom stereocenters. The molecule has 1 aromatic heterocycles. The van der Waals surface area contributed by atoms with E-state index >= 15 is 0 Å². The molecule has 26 heavy (non-hydrogen) atoms. The normalized spacial score (nSPS) is 19.5. The lowest BCUT2D eigenvalue weighted by Crippen LogP contribution is -2.36. The number of hydrogen-bond donors (Lipinski definition) is 1. The Balaban J connectivity index is 1.61. The Morgan fingerprint density at radius 1 is 1.15 bits per heavy atom. The molecule has 1 aromatic carbocycles. The SMILES string of the molecule is Nc1cc(/C=C2\CCCN=C2c2cccnc2)ccc1N1CCOCC1. The number of pyridine rings is 1. The van der Waals surface area contributed by atoms with E-state index in [2.05, 4.69) is 40.2 Å². The van der Waals surface area contributed by atoms with Gasteiger partial charge >= 0.3 is 0 Å². The topological polar surface area (TPSA) is 63.7 Å². The molecule has 0 atom stereocenters. The summed E-state index contributed by atoms with van der Waals surface area (Å²) < 4.78 is 5.43. The van der Waals surface area contributed by atoms with Gasteiger partial charge in [0.05, 0.1) is 30.3 Å². The lowest BCUT2D eigenvalue weighted by Gasteiger charge is -2.30. The second-order valence-electron chi connectivity index (χ2n) is 6.66. The van der Waals surface area contributed by atoms with Gasteiger partial charge in [-0.25, -0.2) is 0 Å². The molecule has 2 aromatic rings. The minimum Gasteiger partial charge on any atom is -0.397 e. The Morgan fingerprint density at radius 3 is 2.81 bits per heavy atom. The Labute approximate surface area is 154 Å². The van der Waals surface area contributed by atoms with Crippen molar-refractivity contribution in [2.75, 3.05) is 43.5 Å². The van der Waals surface area contributed by atoms with Crippen LogP contribution >= 0.6 is 0 Å². The van der Waals surface area contributed by atoms with Crippen LogP contribution in [0.25, 0.3) is 6.08 Å². The van der Waals surface area contributed by atoms with Crippen molar-refractivity contribution in [1.82, 2.24) is 4.98 Å². The van der Waals surface area contributed by atoms with E-state index in [0.29, 0.717) is 0 Å². The molecular weight excluding hydrogens is 324 g/mol. The van der Waals surface area contributed by atoms with Crippen molar-refractivity contribution in [3.63, 3.8) is 0 Å². The summed E-state index contributed by atoms with van der Waals surface area (Å²) >= 11 is 0. The highest BCUT2D eigenvalue weighted by molar-refractivity contribution is 6.15. The molecule has 0 amide bonds. The molecule has 0 aliphatic carbocycles. The number of aliphatic imine (C=N–C) groups is 1. The van der Waals surface area contributed by atoms with Crippen molar-refractivity contribution in [3.8, 4) is 0 Å². The average Bonchev–Trinajstić information content (AvgIpc) is 2.70. The maximum Gasteiger partial charge on any atom is 0.0694 e. The number of rotatable bonds is 3. The molecule has 0 saturated carbocycles. The summed E-state index contributed by atoms with van der Waals surface area (Å²) in [6.45, 7) is 4.18. The summed E-state index contributed by atoms with van der Waals surface area (Å²) in [5.74, 6) is 0. The number of allylic oxidation sites excluding steroid dienone is 1. The summed E-state index contributed by atoms with van der Waals surface area (Å²) in [4.78, 5) is 11.3. The van der Waals surface area contributed by atoms with Crippen molar-refractivity contribution < 1.29 is 4.74 Å². The number of morpholine rings is 1. The summed E-state index contributed by atoms with van der Waals surface area (Å²) in [7, 11) is 0. The molecular formula is C21H24N4O. The molecule has 0 radical (unpaired) electrons. The average molecular weight is 348 g/mol. The number of aromatic nitrogens is 1. The number of nitrogen functional groups attached to an aromatic ring is 1. The minimum absolute atomic E-state index is 0.760. The van der Waals surface area contributed by atoms with Crippen molar-refractivity contribution >= 4 is 23.2 Å². The molecule has 5 heteroatoms. The van der Waals surface area contributed by atoms with Crippen molar-refractivity contribution in [2.45, 2.75) is 12.8 Å². The molecule has 134 valence electrons. The molecule has 0 spiro atoms. The van der Waals surface area contributed by atoms with Gasteiger partial charge in [-0.1, -0.05) is 6.07 Å². The van der Waals surface area contributed by atoms with Crippen LogP contribution in [-0.4, -0.2) is 43.5 Å². The van der Waals surface area contributed by atoms with Crippen LogP contribution in [-0.2, 0) is 4.74 Å². The third-order valence-corrected chi connectivity index (χ3v) is 4.86. The third kappa shape index (κ3) is 3.63.